The zero-order valence-corrected chi connectivity index (χ0v) is 15.0. The molecule has 0 saturated carbocycles. The van der Waals surface area contributed by atoms with Gasteiger partial charge in [-0.05, 0) is 30.3 Å². The van der Waals surface area contributed by atoms with Gasteiger partial charge in [0, 0.05) is 11.1 Å². The fourth-order valence-electron chi connectivity index (χ4n) is 3.03. The maximum absolute atomic E-state index is 10.3. The fourth-order valence-corrected chi connectivity index (χ4v) is 3.35. The molecule has 4 nitrogen and oxygen atoms in total. The minimum atomic E-state index is -0.464. The molecule has 1 aliphatic rings. The van der Waals surface area contributed by atoms with Gasteiger partial charge in [-0.2, -0.15) is 0 Å². The van der Waals surface area contributed by atoms with Crippen molar-refractivity contribution < 1.29 is 10.2 Å². The van der Waals surface area contributed by atoms with Crippen molar-refractivity contribution in [1.29, 1.82) is 0 Å². The van der Waals surface area contributed by atoms with Gasteiger partial charge in [0.2, 0.25) is 0 Å². The number of aliphatic imine (C=N–C) groups is 1. The van der Waals surface area contributed by atoms with Gasteiger partial charge in [0.25, 0.3) is 0 Å². The van der Waals surface area contributed by atoms with Crippen LogP contribution in [0.5, 0.6) is 11.5 Å². The summed E-state index contributed by atoms with van der Waals surface area (Å²) in [6, 6.07) is 16.9. The highest BCUT2D eigenvalue weighted by molar-refractivity contribution is 6.42. The van der Waals surface area contributed by atoms with E-state index < -0.39 is 6.04 Å². The molecule has 26 heavy (non-hydrogen) atoms. The van der Waals surface area contributed by atoms with Crippen molar-refractivity contribution in [3.63, 3.8) is 0 Å². The summed E-state index contributed by atoms with van der Waals surface area (Å²) in [4.78, 5) is 4.72. The van der Waals surface area contributed by atoms with E-state index in [1.54, 1.807) is 42.5 Å². The minimum Gasteiger partial charge on any atom is -0.508 e. The van der Waals surface area contributed by atoms with Crippen LogP contribution in [0.4, 0.5) is 11.4 Å². The van der Waals surface area contributed by atoms with Crippen LogP contribution < -0.4 is 5.32 Å². The Kier molecular flexibility index (Phi) is 4.23. The summed E-state index contributed by atoms with van der Waals surface area (Å²) in [6.45, 7) is 0. The monoisotopic (exact) mass is 384 g/mol. The number of rotatable bonds is 2. The summed E-state index contributed by atoms with van der Waals surface area (Å²) in [5, 5.41) is 24.8. The molecule has 0 saturated heterocycles. The highest BCUT2D eigenvalue weighted by atomic mass is 35.5. The van der Waals surface area contributed by atoms with Crippen molar-refractivity contribution in [2.24, 2.45) is 4.99 Å². The number of hydrogen-bond acceptors (Lipinski definition) is 4. The van der Waals surface area contributed by atoms with Crippen LogP contribution in [-0.4, -0.2) is 15.9 Å². The Hall–Kier alpha value is -2.69. The lowest BCUT2D eigenvalue weighted by Crippen LogP contribution is -2.25. The van der Waals surface area contributed by atoms with Crippen molar-refractivity contribution in [3.8, 4) is 11.5 Å². The summed E-state index contributed by atoms with van der Waals surface area (Å²) in [5.74, 6) is 0.244. The van der Waals surface area contributed by atoms with Gasteiger partial charge >= 0.3 is 0 Å². The van der Waals surface area contributed by atoms with E-state index in [9.17, 15) is 10.2 Å². The molecule has 0 amide bonds. The number of phenolic OH excluding ortho intramolecular Hbond substituents is 2. The number of aromatic hydroxyl groups is 2. The molecule has 0 spiro atoms. The molecular formula is C20H14Cl2N2O2. The number of nitrogens with one attached hydrogen (secondary N) is 1. The summed E-state index contributed by atoms with van der Waals surface area (Å²) in [5.41, 5.74) is 3.11. The van der Waals surface area contributed by atoms with Crippen LogP contribution in [0.1, 0.15) is 17.2 Å². The molecule has 3 aromatic carbocycles. The van der Waals surface area contributed by atoms with Gasteiger partial charge in [-0.15, -0.1) is 0 Å². The highest BCUT2D eigenvalue weighted by Crippen LogP contribution is 2.43. The number of anilines is 1. The van der Waals surface area contributed by atoms with E-state index in [2.05, 4.69) is 5.32 Å². The van der Waals surface area contributed by atoms with Gasteiger partial charge in [0.15, 0.2) is 0 Å². The van der Waals surface area contributed by atoms with E-state index in [4.69, 9.17) is 28.2 Å². The average molecular weight is 385 g/mol. The second-order valence-electron chi connectivity index (χ2n) is 5.93. The first kappa shape index (κ1) is 16.8. The third-order valence-corrected chi connectivity index (χ3v) is 5.00. The molecule has 0 fully saturated rings. The molecule has 3 N–H and O–H groups in total. The van der Waals surface area contributed by atoms with Gasteiger partial charge in [0.1, 0.15) is 11.5 Å². The van der Waals surface area contributed by atoms with Crippen LogP contribution in [0.2, 0.25) is 10.0 Å². The maximum atomic E-state index is 10.3. The zero-order valence-electron chi connectivity index (χ0n) is 13.4. The Labute approximate surface area is 160 Å². The van der Waals surface area contributed by atoms with E-state index in [-0.39, 0.29) is 11.5 Å². The van der Waals surface area contributed by atoms with Crippen molar-refractivity contribution in [2.75, 3.05) is 5.32 Å². The Balaban J connectivity index is 1.95. The quantitative estimate of drug-likeness (QED) is 0.531. The fraction of sp³-hybridized carbons (Fsp3) is 0.0500. The van der Waals surface area contributed by atoms with Crippen molar-refractivity contribution in [1.82, 2.24) is 0 Å². The maximum Gasteiger partial charge on any atom is 0.124 e. The predicted octanol–water partition coefficient (Wildman–Crippen LogP) is 5.69. The van der Waals surface area contributed by atoms with Gasteiger partial charge < -0.3 is 15.5 Å². The minimum absolute atomic E-state index is 0.108. The van der Waals surface area contributed by atoms with E-state index in [1.807, 2.05) is 18.2 Å². The van der Waals surface area contributed by atoms with Crippen LogP contribution in [-0.2, 0) is 0 Å². The summed E-state index contributed by atoms with van der Waals surface area (Å²) < 4.78 is 0. The normalized spacial score (nSPS) is 15.8. The van der Waals surface area contributed by atoms with E-state index >= 15 is 0 Å². The van der Waals surface area contributed by atoms with Gasteiger partial charge in [-0.3, -0.25) is 0 Å². The second-order valence-corrected chi connectivity index (χ2v) is 6.75. The van der Waals surface area contributed by atoms with Crippen LogP contribution >= 0.6 is 23.2 Å². The lowest BCUT2D eigenvalue weighted by atomic mass is 9.93. The Morgan fingerprint density at radius 3 is 2.23 bits per heavy atom. The Morgan fingerprint density at radius 2 is 1.50 bits per heavy atom. The van der Waals surface area contributed by atoms with Crippen molar-refractivity contribution in [3.05, 3.63) is 81.8 Å². The number of hydrogen-bond donors (Lipinski definition) is 3. The second kappa shape index (κ2) is 6.56. The number of halogens is 2. The predicted molar refractivity (Wildman–Crippen MR) is 105 cm³/mol. The number of nitrogens with zero attached hydrogens (tertiary/aromatic N) is 1. The van der Waals surface area contributed by atoms with E-state index in [0.717, 1.165) is 0 Å². The molecule has 130 valence electrons. The molecule has 4 rings (SSSR count). The highest BCUT2D eigenvalue weighted by Gasteiger charge is 2.29. The SMILES string of the molecule is Oc1ccccc1C1=Nc2cc(Cl)c(Cl)cc2NC1c1ccccc1O. The molecule has 0 bridgehead atoms. The van der Waals surface area contributed by atoms with Crippen LogP contribution in [0.3, 0.4) is 0 Å². The van der Waals surface area contributed by atoms with Crippen LogP contribution in [0.15, 0.2) is 65.7 Å². The van der Waals surface area contributed by atoms with Gasteiger partial charge in [0.05, 0.1) is 33.2 Å². The number of fused-ring (bicyclic) bond motifs is 1. The first-order valence-electron chi connectivity index (χ1n) is 7.95. The van der Waals surface area contributed by atoms with Crippen molar-refractivity contribution in [2.45, 2.75) is 6.04 Å². The summed E-state index contributed by atoms with van der Waals surface area (Å²) in [7, 11) is 0. The van der Waals surface area contributed by atoms with E-state index in [1.165, 1.54) is 0 Å². The molecule has 1 heterocycles. The zero-order chi connectivity index (χ0) is 18.3. The molecular weight excluding hydrogens is 371 g/mol. The van der Waals surface area contributed by atoms with Crippen molar-refractivity contribution >= 4 is 40.3 Å². The average Bonchev–Trinajstić information content (AvgIpc) is 2.63. The largest absolute Gasteiger partial charge is 0.508 e. The van der Waals surface area contributed by atoms with Gasteiger partial charge in [-0.25, -0.2) is 4.99 Å². The van der Waals surface area contributed by atoms with Crippen LogP contribution in [0.25, 0.3) is 0 Å². The van der Waals surface area contributed by atoms with Gasteiger partial charge in [-0.1, -0.05) is 53.5 Å². The third-order valence-electron chi connectivity index (χ3n) is 4.28. The molecule has 1 unspecified atom stereocenters. The molecule has 1 aliphatic heterocycles. The Morgan fingerprint density at radius 1 is 0.846 bits per heavy atom. The lowest BCUT2D eigenvalue weighted by molar-refractivity contribution is 0.466. The molecule has 1 atom stereocenters. The standard InChI is InChI=1S/C20H14Cl2N2O2/c21-13-9-15-16(10-14(13)22)24-20(12-6-2-4-8-18(12)26)19(23-15)11-5-1-3-7-17(11)25/h1-10,19,23,25-26H. The summed E-state index contributed by atoms with van der Waals surface area (Å²) in [6.07, 6.45) is 0. The van der Waals surface area contributed by atoms with E-state index in [0.29, 0.717) is 38.3 Å². The molecule has 0 aromatic heterocycles. The lowest BCUT2D eigenvalue weighted by Gasteiger charge is -2.29. The molecule has 0 aliphatic carbocycles. The number of benzene rings is 3. The van der Waals surface area contributed by atoms with Crippen LogP contribution in [0, 0.1) is 0 Å². The molecule has 3 aromatic rings. The first-order chi connectivity index (χ1) is 12.5. The summed E-state index contributed by atoms with van der Waals surface area (Å²) >= 11 is 12.3. The first-order valence-corrected chi connectivity index (χ1v) is 8.70. The molecule has 6 heteroatoms. The third kappa shape index (κ3) is 2.87. The number of para-hydroxylation sites is 2. The number of phenols is 2. The topological polar surface area (TPSA) is 64.9 Å². The molecule has 0 radical (unpaired) electrons. The smallest absolute Gasteiger partial charge is 0.124 e. The Bertz CT molecular complexity index is 1030.